The summed E-state index contributed by atoms with van der Waals surface area (Å²) in [6.45, 7) is -3.05. The summed E-state index contributed by atoms with van der Waals surface area (Å²) in [6.07, 6.45) is 6.78. The lowest BCUT2D eigenvalue weighted by molar-refractivity contribution is -0.135. The number of hydrogen-bond donors (Lipinski definition) is 0. The molecule has 30 heavy (non-hydrogen) atoms. The van der Waals surface area contributed by atoms with E-state index in [-0.39, 0.29) is 27.9 Å². The summed E-state index contributed by atoms with van der Waals surface area (Å²) >= 11 is 0. The third kappa shape index (κ3) is 6.01. The standard InChI is InChI=1S/C22H24F2O5S/c1-30(26,27)18-9-5-8-16(13-18)19-14-17(10-11-20(19)29-22(23)24)28-21(25)12-15-6-3-2-4-7-15/h5,8-11,13-15,22H,2-4,6-7,12H2,1H3. The van der Waals surface area contributed by atoms with E-state index in [2.05, 4.69) is 4.74 Å². The Hall–Kier alpha value is -2.48. The molecule has 2 aromatic carbocycles. The molecule has 0 heterocycles. The number of rotatable bonds is 7. The number of ether oxygens (including phenoxy) is 2. The molecule has 1 saturated carbocycles. The SMILES string of the molecule is CS(=O)(=O)c1cccc(-c2cc(OC(=O)CC3CCCCC3)ccc2OC(F)F)c1. The van der Waals surface area contributed by atoms with Crippen molar-refractivity contribution in [3.63, 3.8) is 0 Å². The smallest absolute Gasteiger partial charge is 0.387 e. The van der Waals surface area contributed by atoms with Crippen molar-refractivity contribution in [2.75, 3.05) is 6.26 Å². The second kappa shape index (κ2) is 9.55. The van der Waals surface area contributed by atoms with Crippen LogP contribution in [0.2, 0.25) is 0 Å². The van der Waals surface area contributed by atoms with Crippen LogP contribution in [0.25, 0.3) is 11.1 Å². The zero-order valence-electron chi connectivity index (χ0n) is 16.6. The lowest BCUT2D eigenvalue weighted by Crippen LogP contribution is -2.16. The average Bonchev–Trinajstić information content (AvgIpc) is 2.69. The fraction of sp³-hybridized carbons (Fsp3) is 0.409. The summed E-state index contributed by atoms with van der Waals surface area (Å²) in [6, 6.07) is 9.98. The molecule has 1 aliphatic rings. The Morgan fingerprint density at radius 1 is 1.10 bits per heavy atom. The van der Waals surface area contributed by atoms with Gasteiger partial charge in [0.25, 0.3) is 0 Å². The minimum Gasteiger partial charge on any atom is -0.434 e. The molecule has 2 aromatic rings. The summed E-state index contributed by atoms with van der Waals surface area (Å²) in [5.74, 6) is -0.0150. The molecule has 1 fully saturated rings. The Balaban J connectivity index is 1.88. The number of carbonyl (C=O) groups is 1. The summed E-state index contributed by atoms with van der Waals surface area (Å²) in [5.41, 5.74) is 0.572. The highest BCUT2D eigenvalue weighted by molar-refractivity contribution is 7.90. The molecule has 0 amide bonds. The summed E-state index contributed by atoms with van der Waals surface area (Å²) in [5, 5.41) is 0. The number of hydrogen-bond acceptors (Lipinski definition) is 5. The quantitative estimate of drug-likeness (QED) is 0.437. The maximum absolute atomic E-state index is 12.9. The Kier molecular flexibility index (Phi) is 7.07. The number of sulfone groups is 1. The highest BCUT2D eigenvalue weighted by Gasteiger charge is 2.20. The molecule has 0 unspecified atom stereocenters. The first-order valence-electron chi connectivity index (χ1n) is 9.82. The van der Waals surface area contributed by atoms with Crippen LogP contribution in [0.15, 0.2) is 47.4 Å². The van der Waals surface area contributed by atoms with Crippen LogP contribution in [-0.4, -0.2) is 27.3 Å². The summed E-state index contributed by atoms with van der Waals surface area (Å²) in [4.78, 5) is 12.4. The first-order chi connectivity index (χ1) is 14.2. The molecule has 0 aliphatic heterocycles. The number of carbonyl (C=O) groups excluding carboxylic acids is 1. The van der Waals surface area contributed by atoms with Gasteiger partial charge < -0.3 is 9.47 Å². The topological polar surface area (TPSA) is 69.7 Å². The van der Waals surface area contributed by atoms with E-state index >= 15 is 0 Å². The molecule has 3 rings (SSSR count). The van der Waals surface area contributed by atoms with Gasteiger partial charge in [0.2, 0.25) is 0 Å². The van der Waals surface area contributed by atoms with Crippen LogP contribution in [0.4, 0.5) is 8.78 Å². The van der Waals surface area contributed by atoms with Gasteiger partial charge in [-0.05, 0) is 54.7 Å². The van der Waals surface area contributed by atoms with Gasteiger partial charge in [0, 0.05) is 18.2 Å². The van der Waals surface area contributed by atoms with Gasteiger partial charge in [0.05, 0.1) is 4.90 Å². The minimum absolute atomic E-state index is 0.0442. The predicted molar refractivity (Wildman–Crippen MR) is 108 cm³/mol. The van der Waals surface area contributed by atoms with Gasteiger partial charge in [-0.25, -0.2) is 8.42 Å². The summed E-state index contributed by atoms with van der Waals surface area (Å²) in [7, 11) is -3.49. The van der Waals surface area contributed by atoms with Gasteiger partial charge >= 0.3 is 12.6 Å². The van der Waals surface area contributed by atoms with E-state index in [1.807, 2.05) is 0 Å². The first kappa shape index (κ1) is 22.2. The van der Waals surface area contributed by atoms with Crippen molar-refractivity contribution in [2.45, 2.75) is 50.0 Å². The van der Waals surface area contributed by atoms with Gasteiger partial charge in [-0.15, -0.1) is 0 Å². The Morgan fingerprint density at radius 2 is 1.83 bits per heavy atom. The van der Waals surface area contributed by atoms with Crippen LogP contribution in [-0.2, 0) is 14.6 Å². The zero-order chi connectivity index (χ0) is 21.7. The Labute approximate surface area is 174 Å². The molecular formula is C22H24F2O5S. The molecule has 0 spiro atoms. The molecule has 0 aromatic heterocycles. The van der Waals surface area contributed by atoms with Gasteiger partial charge in [-0.3, -0.25) is 4.79 Å². The summed E-state index contributed by atoms with van der Waals surface area (Å²) < 4.78 is 59.4. The zero-order valence-corrected chi connectivity index (χ0v) is 17.5. The lowest BCUT2D eigenvalue weighted by Gasteiger charge is -2.20. The molecule has 1 aliphatic carbocycles. The van der Waals surface area contributed by atoms with Crippen molar-refractivity contribution in [1.82, 2.24) is 0 Å². The van der Waals surface area contributed by atoms with E-state index < -0.39 is 16.4 Å². The van der Waals surface area contributed by atoms with Crippen molar-refractivity contribution in [3.05, 3.63) is 42.5 Å². The van der Waals surface area contributed by atoms with Gasteiger partial charge in [0.1, 0.15) is 11.5 Å². The van der Waals surface area contributed by atoms with Gasteiger partial charge in [-0.2, -0.15) is 8.78 Å². The predicted octanol–water partition coefficient (Wildman–Crippen LogP) is 5.23. The number of benzene rings is 2. The lowest BCUT2D eigenvalue weighted by atomic mass is 9.87. The normalized spacial score (nSPS) is 15.2. The first-order valence-corrected chi connectivity index (χ1v) is 11.7. The minimum atomic E-state index is -3.49. The number of halogens is 2. The van der Waals surface area contributed by atoms with Gasteiger partial charge in [0.15, 0.2) is 9.84 Å². The van der Waals surface area contributed by atoms with Crippen LogP contribution in [0.3, 0.4) is 0 Å². The van der Waals surface area contributed by atoms with Crippen molar-refractivity contribution in [2.24, 2.45) is 5.92 Å². The van der Waals surface area contributed by atoms with Crippen molar-refractivity contribution >= 4 is 15.8 Å². The second-order valence-corrected chi connectivity index (χ2v) is 9.53. The van der Waals surface area contributed by atoms with E-state index in [4.69, 9.17) is 4.74 Å². The number of alkyl halides is 2. The van der Waals surface area contributed by atoms with Crippen LogP contribution in [0, 0.1) is 5.92 Å². The highest BCUT2D eigenvalue weighted by Crippen LogP contribution is 2.36. The maximum Gasteiger partial charge on any atom is 0.387 e. The molecule has 0 saturated heterocycles. The van der Waals surface area contributed by atoms with Crippen LogP contribution >= 0.6 is 0 Å². The maximum atomic E-state index is 12.9. The van der Waals surface area contributed by atoms with Crippen molar-refractivity contribution < 1.29 is 31.5 Å². The van der Waals surface area contributed by atoms with Crippen LogP contribution in [0.1, 0.15) is 38.5 Å². The fourth-order valence-electron chi connectivity index (χ4n) is 3.69. The molecule has 8 heteroatoms. The average molecular weight is 438 g/mol. The van der Waals surface area contributed by atoms with E-state index in [9.17, 15) is 22.0 Å². The highest BCUT2D eigenvalue weighted by atomic mass is 32.2. The molecule has 0 atom stereocenters. The van der Waals surface area contributed by atoms with Crippen molar-refractivity contribution in [1.29, 1.82) is 0 Å². The van der Waals surface area contributed by atoms with Crippen LogP contribution in [0.5, 0.6) is 11.5 Å². The van der Waals surface area contributed by atoms with E-state index in [0.29, 0.717) is 17.9 Å². The van der Waals surface area contributed by atoms with Gasteiger partial charge in [-0.1, -0.05) is 31.4 Å². The molecular weight excluding hydrogens is 414 g/mol. The van der Waals surface area contributed by atoms with E-state index in [0.717, 1.165) is 31.9 Å². The van der Waals surface area contributed by atoms with Crippen LogP contribution < -0.4 is 9.47 Å². The third-order valence-electron chi connectivity index (χ3n) is 5.15. The molecule has 0 N–H and O–H groups in total. The molecule has 162 valence electrons. The molecule has 0 radical (unpaired) electrons. The van der Waals surface area contributed by atoms with E-state index in [1.165, 1.54) is 42.8 Å². The van der Waals surface area contributed by atoms with Crippen molar-refractivity contribution in [3.8, 4) is 22.6 Å². The molecule has 0 bridgehead atoms. The second-order valence-electron chi connectivity index (χ2n) is 7.52. The number of esters is 1. The Morgan fingerprint density at radius 3 is 2.50 bits per heavy atom. The van der Waals surface area contributed by atoms with E-state index in [1.54, 1.807) is 6.07 Å². The Bertz CT molecular complexity index is 998. The largest absolute Gasteiger partial charge is 0.434 e. The molecule has 5 nitrogen and oxygen atoms in total. The third-order valence-corrected chi connectivity index (χ3v) is 6.26. The fourth-order valence-corrected chi connectivity index (χ4v) is 4.36. The monoisotopic (exact) mass is 438 g/mol.